The molecule has 0 fully saturated rings. The Hall–Kier alpha value is -1.78. The highest BCUT2D eigenvalue weighted by Gasteiger charge is 2.17. The number of hydrogen-bond acceptors (Lipinski definition) is 5. The maximum atomic E-state index is 5.84. The van der Waals surface area contributed by atoms with E-state index in [0.717, 1.165) is 24.2 Å². The first-order valence-electron chi connectivity index (χ1n) is 5.92. The van der Waals surface area contributed by atoms with Gasteiger partial charge in [0.05, 0.1) is 11.4 Å². The van der Waals surface area contributed by atoms with Gasteiger partial charge in [0.25, 0.3) is 0 Å². The summed E-state index contributed by atoms with van der Waals surface area (Å²) in [6.07, 6.45) is 1.08. The van der Waals surface area contributed by atoms with Crippen molar-refractivity contribution in [3.05, 3.63) is 12.1 Å². The first-order chi connectivity index (χ1) is 8.15. The summed E-state index contributed by atoms with van der Waals surface area (Å²) < 4.78 is 4.79. The molecule has 1 heterocycles. The maximum Gasteiger partial charge on any atom is 0.160 e. The zero-order chi connectivity index (χ0) is 12.4. The van der Waals surface area contributed by atoms with Gasteiger partial charge in [0.1, 0.15) is 0 Å². The zero-order valence-corrected chi connectivity index (χ0v) is 10.5. The second-order valence-corrected chi connectivity index (χ2v) is 4.42. The van der Waals surface area contributed by atoms with Crippen LogP contribution in [0.25, 0.3) is 11.0 Å². The van der Waals surface area contributed by atoms with Gasteiger partial charge in [-0.2, -0.15) is 0 Å². The fourth-order valence-electron chi connectivity index (χ4n) is 2.00. The lowest BCUT2D eigenvalue weighted by Gasteiger charge is -2.28. The van der Waals surface area contributed by atoms with E-state index in [1.807, 2.05) is 12.1 Å². The highest BCUT2D eigenvalue weighted by Crippen LogP contribution is 2.29. The number of hydrogen-bond donors (Lipinski definition) is 1. The van der Waals surface area contributed by atoms with Gasteiger partial charge in [-0.15, -0.1) is 0 Å². The predicted octanol–water partition coefficient (Wildman–Crippen LogP) is 2.43. The Labute approximate surface area is 101 Å². The molecule has 0 spiro atoms. The molecule has 92 valence electrons. The molecule has 2 N–H and O–H groups in total. The predicted molar refractivity (Wildman–Crippen MR) is 69.0 cm³/mol. The van der Waals surface area contributed by atoms with Crippen molar-refractivity contribution in [2.45, 2.75) is 33.2 Å². The van der Waals surface area contributed by atoms with Crippen LogP contribution in [0.5, 0.6) is 0 Å². The average molecular weight is 234 g/mol. The molecule has 0 saturated carbocycles. The number of benzene rings is 1. The number of nitrogens with two attached hydrogens (primary N) is 1. The Bertz CT molecular complexity index is 506. The minimum absolute atomic E-state index is 0.401. The van der Waals surface area contributed by atoms with Crippen LogP contribution in [-0.4, -0.2) is 22.9 Å². The molecule has 0 unspecified atom stereocenters. The number of nitrogens with zero attached hydrogens (tertiary/aromatic N) is 3. The van der Waals surface area contributed by atoms with Gasteiger partial charge in [0.2, 0.25) is 0 Å². The standard InChI is InChI=1S/C12H18N4O/c1-4-7-16(8(2)3)10-6-5-9(13)11-12(10)15-17-14-11/h5-6,8H,4,7,13H2,1-3H3. The minimum Gasteiger partial charge on any atom is -0.397 e. The molecule has 17 heavy (non-hydrogen) atoms. The van der Waals surface area contributed by atoms with Crippen LogP contribution in [-0.2, 0) is 0 Å². The van der Waals surface area contributed by atoms with E-state index in [0.29, 0.717) is 17.2 Å². The summed E-state index contributed by atoms with van der Waals surface area (Å²) in [6.45, 7) is 7.45. The van der Waals surface area contributed by atoms with E-state index in [-0.39, 0.29) is 0 Å². The molecule has 1 aromatic carbocycles. The summed E-state index contributed by atoms with van der Waals surface area (Å²) in [5, 5.41) is 7.80. The summed E-state index contributed by atoms with van der Waals surface area (Å²) in [5.74, 6) is 0. The van der Waals surface area contributed by atoms with Crippen molar-refractivity contribution in [3.8, 4) is 0 Å². The van der Waals surface area contributed by atoms with Crippen molar-refractivity contribution >= 4 is 22.4 Å². The smallest absolute Gasteiger partial charge is 0.160 e. The summed E-state index contributed by atoms with van der Waals surface area (Å²) >= 11 is 0. The second-order valence-electron chi connectivity index (χ2n) is 4.42. The fraction of sp³-hybridized carbons (Fsp3) is 0.500. The Morgan fingerprint density at radius 3 is 2.65 bits per heavy atom. The molecule has 2 aromatic rings. The molecular weight excluding hydrogens is 216 g/mol. The van der Waals surface area contributed by atoms with Crippen LogP contribution < -0.4 is 10.6 Å². The van der Waals surface area contributed by atoms with Crippen LogP contribution in [0.3, 0.4) is 0 Å². The van der Waals surface area contributed by atoms with Crippen LogP contribution in [0.2, 0.25) is 0 Å². The van der Waals surface area contributed by atoms with Crippen molar-refractivity contribution in [2.75, 3.05) is 17.2 Å². The van der Waals surface area contributed by atoms with Crippen LogP contribution in [0.4, 0.5) is 11.4 Å². The van der Waals surface area contributed by atoms with Gasteiger partial charge in [0.15, 0.2) is 11.0 Å². The van der Waals surface area contributed by atoms with E-state index in [4.69, 9.17) is 10.4 Å². The summed E-state index contributed by atoms with van der Waals surface area (Å²) in [6, 6.07) is 4.24. The van der Waals surface area contributed by atoms with E-state index >= 15 is 0 Å². The molecule has 0 saturated heterocycles. The first-order valence-corrected chi connectivity index (χ1v) is 5.92. The Morgan fingerprint density at radius 2 is 2.00 bits per heavy atom. The molecule has 0 radical (unpaired) electrons. The molecule has 0 amide bonds. The van der Waals surface area contributed by atoms with E-state index < -0.39 is 0 Å². The topological polar surface area (TPSA) is 68.2 Å². The minimum atomic E-state index is 0.401. The molecule has 0 aliphatic heterocycles. The third-order valence-electron chi connectivity index (χ3n) is 2.82. The molecule has 1 aromatic heterocycles. The van der Waals surface area contributed by atoms with E-state index in [1.165, 1.54) is 0 Å². The summed E-state index contributed by atoms with van der Waals surface area (Å²) in [5.41, 5.74) is 8.86. The first kappa shape index (κ1) is 11.7. The molecule has 0 atom stereocenters. The van der Waals surface area contributed by atoms with Gasteiger partial charge in [-0.25, -0.2) is 4.63 Å². The quantitative estimate of drug-likeness (QED) is 0.823. The van der Waals surface area contributed by atoms with Crippen molar-refractivity contribution in [3.63, 3.8) is 0 Å². The molecule has 0 aliphatic carbocycles. The van der Waals surface area contributed by atoms with Gasteiger partial charge in [-0.3, -0.25) is 0 Å². The van der Waals surface area contributed by atoms with Crippen molar-refractivity contribution in [2.24, 2.45) is 0 Å². The van der Waals surface area contributed by atoms with Gasteiger partial charge < -0.3 is 10.6 Å². The number of aromatic nitrogens is 2. The van der Waals surface area contributed by atoms with E-state index in [1.54, 1.807) is 0 Å². The number of rotatable bonds is 4. The van der Waals surface area contributed by atoms with Crippen molar-refractivity contribution in [1.29, 1.82) is 0 Å². The Kier molecular flexibility index (Phi) is 3.17. The second kappa shape index (κ2) is 4.61. The third-order valence-corrected chi connectivity index (χ3v) is 2.82. The van der Waals surface area contributed by atoms with Crippen LogP contribution in [0.1, 0.15) is 27.2 Å². The molecular formula is C12H18N4O. The lowest BCUT2D eigenvalue weighted by Crippen LogP contribution is -2.31. The summed E-state index contributed by atoms with van der Waals surface area (Å²) in [4.78, 5) is 2.28. The third kappa shape index (κ3) is 2.05. The molecule has 5 heteroatoms. The molecule has 0 bridgehead atoms. The van der Waals surface area contributed by atoms with Gasteiger partial charge in [-0.1, -0.05) is 6.92 Å². The average Bonchev–Trinajstić information content (AvgIpc) is 2.77. The van der Waals surface area contributed by atoms with Crippen molar-refractivity contribution in [1.82, 2.24) is 10.3 Å². The van der Waals surface area contributed by atoms with Gasteiger partial charge in [-0.05, 0) is 42.7 Å². The fourth-order valence-corrected chi connectivity index (χ4v) is 2.00. The Balaban J connectivity index is 2.53. The highest BCUT2D eigenvalue weighted by atomic mass is 16.6. The van der Waals surface area contributed by atoms with E-state index in [2.05, 4.69) is 36.0 Å². The monoisotopic (exact) mass is 234 g/mol. The highest BCUT2D eigenvalue weighted by molar-refractivity contribution is 5.95. The van der Waals surface area contributed by atoms with Crippen LogP contribution in [0, 0.1) is 0 Å². The zero-order valence-electron chi connectivity index (χ0n) is 10.5. The van der Waals surface area contributed by atoms with Crippen LogP contribution in [0.15, 0.2) is 16.8 Å². The van der Waals surface area contributed by atoms with Crippen LogP contribution >= 0.6 is 0 Å². The maximum absolute atomic E-state index is 5.84. The molecule has 5 nitrogen and oxygen atoms in total. The van der Waals surface area contributed by atoms with Gasteiger partial charge in [0, 0.05) is 12.6 Å². The summed E-state index contributed by atoms with van der Waals surface area (Å²) in [7, 11) is 0. The lowest BCUT2D eigenvalue weighted by molar-refractivity contribution is 0.315. The Morgan fingerprint density at radius 1 is 1.29 bits per heavy atom. The number of fused-ring (bicyclic) bond motifs is 1. The largest absolute Gasteiger partial charge is 0.397 e. The number of nitrogen functional groups attached to an aromatic ring is 1. The number of anilines is 2. The normalized spacial score (nSPS) is 11.3. The van der Waals surface area contributed by atoms with E-state index in [9.17, 15) is 0 Å². The molecule has 0 aliphatic rings. The van der Waals surface area contributed by atoms with Crippen molar-refractivity contribution < 1.29 is 4.63 Å². The van der Waals surface area contributed by atoms with Gasteiger partial charge >= 0.3 is 0 Å². The molecule has 2 rings (SSSR count). The lowest BCUT2D eigenvalue weighted by atomic mass is 10.2. The SMILES string of the molecule is CCCN(c1ccc(N)c2nonc12)C(C)C.